The molecule has 0 atom stereocenters. The minimum Gasteiger partial charge on any atom is -0.453 e. The second-order valence-electron chi connectivity index (χ2n) is 8.99. The van der Waals surface area contributed by atoms with E-state index in [1.165, 1.54) is 6.07 Å². The van der Waals surface area contributed by atoms with Crippen molar-refractivity contribution >= 4 is 0 Å². The van der Waals surface area contributed by atoms with E-state index in [2.05, 4.69) is 6.92 Å². The van der Waals surface area contributed by atoms with Crippen LogP contribution in [0, 0.1) is 35.0 Å². The van der Waals surface area contributed by atoms with Gasteiger partial charge in [-0.15, -0.1) is 0 Å². The summed E-state index contributed by atoms with van der Waals surface area (Å²) >= 11 is 0. The maximum absolute atomic E-state index is 15.9. The van der Waals surface area contributed by atoms with Gasteiger partial charge in [-0.1, -0.05) is 63.9 Å². The average molecular weight is 491 g/mol. The van der Waals surface area contributed by atoms with Crippen LogP contribution in [0.5, 0.6) is 11.5 Å². The summed E-state index contributed by atoms with van der Waals surface area (Å²) in [7, 11) is 0. The fourth-order valence-corrected chi connectivity index (χ4v) is 4.86. The first kappa shape index (κ1) is 26.7. The van der Waals surface area contributed by atoms with Crippen molar-refractivity contribution in [2.24, 2.45) is 5.92 Å². The molecule has 0 spiro atoms. The summed E-state index contributed by atoms with van der Waals surface area (Å²) in [5.41, 5.74) is 0.529. The Labute approximate surface area is 204 Å². The van der Waals surface area contributed by atoms with Gasteiger partial charge < -0.3 is 4.74 Å². The molecule has 1 aliphatic carbocycles. The molecule has 0 aromatic heterocycles. The van der Waals surface area contributed by atoms with Crippen LogP contribution in [-0.4, -0.2) is 0 Å². The fraction of sp³-hybridized carbons (Fsp3) is 0.379. The standard InChI is InChI=1S/C28H27F5O.CH4/c1-2-3-7-17-10-12-19(13-11-17)25-22(29)16-21(18-8-5-4-6-9-18)28(27(25)33)34-20-14-23(30)26(32)24(31)15-20;/h4-6,8-9,14-17,19H,2-3,7,10-13H2,1H3;1H4/t17-,19-;. The summed E-state index contributed by atoms with van der Waals surface area (Å²) < 4.78 is 77.8. The number of halogens is 5. The number of hydrogen-bond acceptors (Lipinski definition) is 1. The van der Waals surface area contributed by atoms with Gasteiger partial charge in [0.05, 0.1) is 0 Å². The van der Waals surface area contributed by atoms with E-state index in [0.29, 0.717) is 36.5 Å². The van der Waals surface area contributed by atoms with Crippen LogP contribution in [0.25, 0.3) is 11.1 Å². The number of hydrogen-bond donors (Lipinski definition) is 0. The summed E-state index contributed by atoms with van der Waals surface area (Å²) in [6.07, 6.45) is 6.50. The van der Waals surface area contributed by atoms with Gasteiger partial charge in [-0.25, -0.2) is 22.0 Å². The summed E-state index contributed by atoms with van der Waals surface area (Å²) in [6, 6.07) is 11.0. The van der Waals surface area contributed by atoms with Gasteiger partial charge in [-0.2, -0.15) is 0 Å². The molecule has 0 bridgehead atoms. The number of ether oxygens (including phenoxy) is 1. The minimum atomic E-state index is -1.64. The molecule has 0 unspecified atom stereocenters. The van der Waals surface area contributed by atoms with E-state index in [4.69, 9.17) is 4.74 Å². The van der Waals surface area contributed by atoms with Crippen LogP contribution in [-0.2, 0) is 0 Å². The Kier molecular flexibility index (Phi) is 8.92. The third-order valence-corrected chi connectivity index (χ3v) is 6.69. The van der Waals surface area contributed by atoms with Crippen LogP contribution in [0.4, 0.5) is 22.0 Å². The van der Waals surface area contributed by atoms with E-state index in [1.807, 2.05) is 0 Å². The van der Waals surface area contributed by atoms with Gasteiger partial charge in [-0.3, -0.25) is 0 Å². The molecule has 3 aromatic carbocycles. The summed E-state index contributed by atoms with van der Waals surface area (Å²) in [4.78, 5) is 0. The molecule has 0 radical (unpaired) electrons. The van der Waals surface area contributed by atoms with Crippen LogP contribution in [0.3, 0.4) is 0 Å². The molecule has 1 saturated carbocycles. The molecule has 0 saturated heterocycles. The molecule has 0 amide bonds. The van der Waals surface area contributed by atoms with E-state index in [1.54, 1.807) is 30.3 Å². The molecule has 3 aromatic rings. The summed E-state index contributed by atoms with van der Waals surface area (Å²) in [5.74, 6) is -6.60. The first-order valence-corrected chi connectivity index (χ1v) is 11.8. The van der Waals surface area contributed by atoms with Gasteiger partial charge in [0.2, 0.25) is 0 Å². The van der Waals surface area contributed by atoms with Crippen molar-refractivity contribution in [2.45, 2.75) is 65.2 Å². The fourth-order valence-electron chi connectivity index (χ4n) is 4.86. The molecular weight excluding hydrogens is 459 g/mol. The lowest BCUT2D eigenvalue weighted by atomic mass is 9.76. The van der Waals surface area contributed by atoms with Crippen LogP contribution in [0.2, 0.25) is 0 Å². The summed E-state index contributed by atoms with van der Waals surface area (Å²) in [6.45, 7) is 2.14. The molecule has 6 heteroatoms. The van der Waals surface area contributed by atoms with Crippen molar-refractivity contribution < 1.29 is 26.7 Å². The normalized spacial score (nSPS) is 17.7. The van der Waals surface area contributed by atoms with Gasteiger partial charge in [0.25, 0.3) is 0 Å². The van der Waals surface area contributed by atoms with Crippen molar-refractivity contribution in [2.75, 3.05) is 0 Å². The Morgan fingerprint density at radius 3 is 2.03 bits per heavy atom. The lowest BCUT2D eigenvalue weighted by molar-refractivity contribution is 0.294. The molecule has 35 heavy (non-hydrogen) atoms. The molecule has 1 aliphatic rings. The van der Waals surface area contributed by atoms with Crippen LogP contribution in [0.15, 0.2) is 48.5 Å². The molecule has 1 fully saturated rings. The Morgan fingerprint density at radius 1 is 0.800 bits per heavy atom. The predicted octanol–water partition coefficient (Wildman–Crippen LogP) is 9.94. The van der Waals surface area contributed by atoms with Crippen LogP contribution < -0.4 is 4.74 Å². The van der Waals surface area contributed by atoms with Gasteiger partial charge in [0.1, 0.15) is 11.6 Å². The van der Waals surface area contributed by atoms with Gasteiger partial charge in [0.15, 0.2) is 29.0 Å². The Hall–Kier alpha value is -2.89. The predicted molar refractivity (Wildman–Crippen MR) is 129 cm³/mol. The third-order valence-electron chi connectivity index (χ3n) is 6.69. The first-order chi connectivity index (χ1) is 16.4. The van der Waals surface area contributed by atoms with Crippen LogP contribution >= 0.6 is 0 Å². The molecule has 1 nitrogen and oxygen atoms in total. The highest BCUT2D eigenvalue weighted by atomic mass is 19.2. The monoisotopic (exact) mass is 490 g/mol. The number of benzene rings is 3. The second kappa shape index (κ2) is 11.7. The molecular formula is C29H31F5O. The largest absolute Gasteiger partial charge is 0.453 e. The molecule has 0 N–H and O–H groups in total. The maximum atomic E-state index is 15.9. The second-order valence-corrected chi connectivity index (χ2v) is 8.99. The van der Waals surface area contributed by atoms with E-state index in [0.717, 1.165) is 32.1 Å². The lowest BCUT2D eigenvalue weighted by Crippen LogP contribution is -2.16. The van der Waals surface area contributed by atoms with Gasteiger partial charge in [0, 0.05) is 23.3 Å². The van der Waals surface area contributed by atoms with E-state index in [9.17, 15) is 13.2 Å². The smallest absolute Gasteiger partial charge is 0.194 e. The molecule has 4 rings (SSSR count). The average Bonchev–Trinajstić information content (AvgIpc) is 2.84. The van der Waals surface area contributed by atoms with Crippen molar-refractivity contribution in [3.8, 4) is 22.6 Å². The van der Waals surface area contributed by atoms with Gasteiger partial charge in [-0.05, 0) is 49.1 Å². The Morgan fingerprint density at radius 2 is 1.43 bits per heavy atom. The molecule has 0 heterocycles. The van der Waals surface area contributed by atoms with Crippen molar-refractivity contribution in [3.63, 3.8) is 0 Å². The van der Waals surface area contributed by atoms with Crippen LogP contribution in [0.1, 0.15) is 70.8 Å². The van der Waals surface area contributed by atoms with Crippen molar-refractivity contribution in [1.82, 2.24) is 0 Å². The Bertz CT molecular complexity index is 1110. The molecule has 0 aliphatic heterocycles. The highest BCUT2D eigenvalue weighted by Crippen LogP contribution is 2.45. The van der Waals surface area contributed by atoms with E-state index < -0.39 is 34.8 Å². The van der Waals surface area contributed by atoms with Gasteiger partial charge >= 0.3 is 0 Å². The minimum absolute atomic E-state index is 0. The zero-order valence-electron chi connectivity index (χ0n) is 19.0. The van der Waals surface area contributed by atoms with E-state index >= 15 is 8.78 Å². The SMILES string of the molecule is C.CCCC[C@H]1CC[C@H](c2c(F)cc(-c3ccccc3)c(Oc3cc(F)c(F)c(F)c3)c2F)CC1. The topological polar surface area (TPSA) is 9.23 Å². The summed E-state index contributed by atoms with van der Waals surface area (Å²) in [5, 5.41) is 0. The number of unbranched alkanes of at least 4 members (excludes halogenated alkanes) is 1. The van der Waals surface area contributed by atoms with Crippen molar-refractivity contribution in [3.05, 3.63) is 83.2 Å². The van der Waals surface area contributed by atoms with Crippen molar-refractivity contribution in [1.29, 1.82) is 0 Å². The Balaban J connectivity index is 0.00000342. The zero-order chi connectivity index (χ0) is 24.2. The zero-order valence-corrected chi connectivity index (χ0v) is 19.0. The third kappa shape index (κ3) is 5.85. The lowest BCUT2D eigenvalue weighted by Gasteiger charge is -2.30. The first-order valence-electron chi connectivity index (χ1n) is 11.8. The highest BCUT2D eigenvalue weighted by Gasteiger charge is 2.30. The quantitative estimate of drug-likeness (QED) is 0.236. The maximum Gasteiger partial charge on any atom is 0.194 e. The molecule has 188 valence electrons. The highest BCUT2D eigenvalue weighted by molar-refractivity contribution is 5.72. The number of rotatable bonds is 7. The van der Waals surface area contributed by atoms with E-state index in [-0.39, 0.29) is 30.2 Å².